The maximum atomic E-state index is 11.0. The molecular formula is C22H24ClN3O. The summed E-state index contributed by atoms with van der Waals surface area (Å²) in [6.45, 7) is 3.40. The second-order valence-corrected chi connectivity index (χ2v) is 7.75. The summed E-state index contributed by atoms with van der Waals surface area (Å²) in [5.41, 5.74) is 2.68. The molecule has 0 saturated carbocycles. The van der Waals surface area contributed by atoms with E-state index in [-0.39, 0.29) is 0 Å². The minimum atomic E-state index is -0.759. The standard InChI is InChI=1S/C22H24ClN3O/c23-20-8-6-19(7-9-20)22(27)10-12-25(13-11-22)16-21-14-24-17-26(21)15-18-4-2-1-3-5-18/h1-9,14,17,27H,10-13,15-16H2. The van der Waals surface area contributed by atoms with Gasteiger partial charge in [0.05, 0.1) is 17.6 Å². The van der Waals surface area contributed by atoms with Crippen LogP contribution >= 0.6 is 11.6 Å². The van der Waals surface area contributed by atoms with E-state index >= 15 is 0 Å². The Kier molecular flexibility index (Phi) is 5.30. The SMILES string of the molecule is OC1(c2ccc(Cl)cc2)CCN(Cc2cncn2Cc2ccccc2)CC1. The van der Waals surface area contributed by atoms with Crippen LogP contribution in [0.15, 0.2) is 67.1 Å². The molecule has 2 heterocycles. The lowest BCUT2D eigenvalue weighted by Gasteiger charge is -2.38. The molecule has 0 radical (unpaired) electrons. The van der Waals surface area contributed by atoms with Gasteiger partial charge in [-0.1, -0.05) is 54.1 Å². The van der Waals surface area contributed by atoms with E-state index < -0.39 is 5.60 Å². The van der Waals surface area contributed by atoms with Crippen molar-refractivity contribution in [1.29, 1.82) is 0 Å². The van der Waals surface area contributed by atoms with Crippen LogP contribution in [0.1, 0.15) is 29.7 Å². The van der Waals surface area contributed by atoms with Gasteiger partial charge in [0.25, 0.3) is 0 Å². The van der Waals surface area contributed by atoms with E-state index in [1.807, 2.05) is 42.9 Å². The number of likely N-dealkylation sites (tertiary alicyclic amines) is 1. The number of benzene rings is 2. The maximum absolute atomic E-state index is 11.0. The van der Waals surface area contributed by atoms with Crippen molar-refractivity contribution in [1.82, 2.24) is 14.5 Å². The van der Waals surface area contributed by atoms with E-state index in [1.165, 1.54) is 11.3 Å². The van der Waals surface area contributed by atoms with Gasteiger partial charge in [-0.2, -0.15) is 0 Å². The molecule has 140 valence electrons. The van der Waals surface area contributed by atoms with Crippen molar-refractivity contribution in [3.8, 4) is 0 Å². The highest BCUT2D eigenvalue weighted by Gasteiger charge is 2.34. The summed E-state index contributed by atoms with van der Waals surface area (Å²) >= 11 is 5.97. The van der Waals surface area contributed by atoms with Gasteiger partial charge >= 0.3 is 0 Å². The van der Waals surface area contributed by atoms with E-state index in [0.29, 0.717) is 5.02 Å². The molecule has 1 N–H and O–H groups in total. The van der Waals surface area contributed by atoms with Gasteiger partial charge < -0.3 is 9.67 Å². The van der Waals surface area contributed by atoms with Crippen LogP contribution in [0.3, 0.4) is 0 Å². The van der Waals surface area contributed by atoms with E-state index in [1.54, 1.807) is 0 Å². The molecule has 0 atom stereocenters. The van der Waals surface area contributed by atoms with Crippen molar-refractivity contribution in [2.45, 2.75) is 31.5 Å². The Hall–Kier alpha value is -2.14. The highest BCUT2D eigenvalue weighted by Crippen LogP contribution is 2.33. The Morgan fingerprint density at radius 1 is 0.963 bits per heavy atom. The number of rotatable bonds is 5. The number of halogens is 1. The van der Waals surface area contributed by atoms with Crippen molar-refractivity contribution >= 4 is 11.6 Å². The van der Waals surface area contributed by atoms with E-state index in [9.17, 15) is 5.11 Å². The van der Waals surface area contributed by atoms with Crippen LogP contribution in [-0.4, -0.2) is 32.6 Å². The van der Waals surface area contributed by atoms with Crippen LogP contribution in [-0.2, 0) is 18.7 Å². The highest BCUT2D eigenvalue weighted by molar-refractivity contribution is 6.30. The molecule has 3 aromatic rings. The van der Waals surface area contributed by atoms with Gasteiger partial charge in [-0.3, -0.25) is 4.90 Å². The van der Waals surface area contributed by atoms with Crippen LogP contribution in [0.25, 0.3) is 0 Å². The van der Waals surface area contributed by atoms with Gasteiger partial charge in [0.2, 0.25) is 0 Å². The summed E-state index contributed by atoms with van der Waals surface area (Å²) in [5.74, 6) is 0. The lowest BCUT2D eigenvalue weighted by atomic mass is 9.84. The third-order valence-corrected chi connectivity index (χ3v) is 5.70. The first-order valence-electron chi connectivity index (χ1n) is 9.36. The maximum Gasteiger partial charge on any atom is 0.0951 e. The van der Waals surface area contributed by atoms with Crippen molar-refractivity contribution in [2.75, 3.05) is 13.1 Å². The summed E-state index contributed by atoms with van der Waals surface area (Å²) < 4.78 is 2.20. The third-order valence-electron chi connectivity index (χ3n) is 5.44. The zero-order chi connectivity index (χ0) is 18.7. The van der Waals surface area contributed by atoms with E-state index in [0.717, 1.165) is 44.6 Å². The molecule has 1 aliphatic heterocycles. The van der Waals surface area contributed by atoms with Gasteiger partial charge in [-0.25, -0.2) is 4.98 Å². The molecule has 1 aliphatic rings. The smallest absolute Gasteiger partial charge is 0.0951 e. The molecule has 2 aromatic carbocycles. The quantitative estimate of drug-likeness (QED) is 0.724. The van der Waals surface area contributed by atoms with Gasteiger partial charge in [-0.15, -0.1) is 0 Å². The van der Waals surface area contributed by atoms with Crippen LogP contribution in [0.4, 0.5) is 0 Å². The third kappa shape index (κ3) is 4.24. The second kappa shape index (κ2) is 7.85. The fourth-order valence-corrected chi connectivity index (χ4v) is 3.89. The zero-order valence-corrected chi connectivity index (χ0v) is 16.0. The Morgan fingerprint density at radius 3 is 2.37 bits per heavy atom. The molecule has 1 aromatic heterocycles. The number of hydrogen-bond donors (Lipinski definition) is 1. The predicted octanol–water partition coefficient (Wildman–Crippen LogP) is 4.07. The van der Waals surface area contributed by atoms with Gasteiger partial charge in [0, 0.05) is 37.4 Å². The predicted molar refractivity (Wildman–Crippen MR) is 108 cm³/mol. The summed E-state index contributed by atoms with van der Waals surface area (Å²) in [4.78, 5) is 6.73. The van der Waals surface area contributed by atoms with Crippen molar-refractivity contribution in [2.24, 2.45) is 0 Å². The Labute approximate surface area is 165 Å². The zero-order valence-electron chi connectivity index (χ0n) is 15.3. The number of aromatic nitrogens is 2. The molecule has 5 heteroatoms. The Morgan fingerprint density at radius 2 is 1.67 bits per heavy atom. The van der Waals surface area contributed by atoms with Crippen molar-refractivity contribution in [3.05, 3.63) is 89.0 Å². The Balaban J connectivity index is 1.39. The number of nitrogens with zero attached hydrogens (tertiary/aromatic N) is 3. The molecular weight excluding hydrogens is 358 g/mol. The van der Waals surface area contributed by atoms with Crippen molar-refractivity contribution < 1.29 is 5.11 Å². The van der Waals surface area contributed by atoms with Gasteiger partial charge in [0.15, 0.2) is 0 Å². The van der Waals surface area contributed by atoms with Crippen LogP contribution < -0.4 is 0 Å². The minimum Gasteiger partial charge on any atom is -0.385 e. The highest BCUT2D eigenvalue weighted by atomic mass is 35.5. The second-order valence-electron chi connectivity index (χ2n) is 7.31. The molecule has 4 rings (SSSR count). The van der Waals surface area contributed by atoms with Crippen LogP contribution in [0.5, 0.6) is 0 Å². The van der Waals surface area contributed by atoms with Crippen LogP contribution in [0.2, 0.25) is 5.02 Å². The molecule has 0 bridgehead atoms. The largest absolute Gasteiger partial charge is 0.385 e. The molecule has 1 fully saturated rings. The minimum absolute atomic E-state index is 0.700. The van der Waals surface area contributed by atoms with Crippen molar-refractivity contribution in [3.63, 3.8) is 0 Å². The van der Waals surface area contributed by atoms with Gasteiger partial charge in [-0.05, 0) is 36.1 Å². The first-order valence-corrected chi connectivity index (χ1v) is 9.74. The number of hydrogen-bond acceptors (Lipinski definition) is 3. The molecule has 0 spiro atoms. The normalized spacial score (nSPS) is 17.1. The molecule has 0 unspecified atom stereocenters. The van der Waals surface area contributed by atoms with Crippen LogP contribution in [0, 0.1) is 0 Å². The van der Waals surface area contributed by atoms with Gasteiger partial charge in [0.1, 0.15) is 0 Å². The molecule has 0 amide bonds. The monoisotopic (exact) mass is 381 g/mol. The summed E-state index contributed by atoms with van der Waals surface area (Å²) in [6, 6.07) is 18.0. The topological polar surface area (TPSA) is 41.3 Å². The van der Waals surface area contributed by atoms with E-state index in [2.05, 4.69) is 38.7 Å². The molecule has 0 aliphatic carbocycles. The fraction of sp³-hybridized carbons (Fsp3) is 0.318. The molecule has 4 nitrogen and oxygen atoms in total. The van der Waals surface area contributed by atoms with E-state index in [4.69, 9.17) is 11.6 Å². The average molecular weight is 382 g/mol. The molecule has 1 saturated heterocycles. The number of aliphatic hydroxyl groups is 1. The first kappa shape index (κ1) is 18.2. The number of imidazole rings is 1. The molecule has 27 heavy (non-hydrogen) atoms. The summed E-state index contributed by atoms with van der Waals surface area (Å²) in [7, 11) is 0. The Bertz CT molecular complexity index is 868. The fourth-order valence-electron chi connectivity index (χ4n) is 3.76. The lowest BCUT2D eigenvalue weighted by molar-refractivity contribution is -0.0281. The first-order chi connectivity index (χ1) is 13.1. The average Bonchev–Trinajstić information content (AvgIpc) is 3.12. The summed E-state index contributed by atoms with van der Waals surface area (Å²) in [5, 5.41) is 11.7. The lowest BCUT2D eigenvalue weighted by Crippen LogP contribution is -2.42. The summed E-state index contributed by atoms with van der Waals surface area (Å²) in [6.07, 6.45) is 5.29. The number of piperidine rings is 1.